The SMILES string of the molecule is O=C(O)c1ccc(-n2cc(I)cn2)c(C(F)(F)F)c1. The first-order valence-electron chi connectivity index (χ1n) is 4.94. The lowest BCUT2D eigenvalue weighted by Gasteiger charge is -2.13. The molecule has 0 spiro atoms. The summed E-state index contributed by atoms with van der Waals surface area (Å²) in [4.78, 5) is 10.7. The van der Waals surface area contributed by atoms with E-state index in [2.05, 4.69) is 5.10 Å². The molecule has 0 unspecified atom stereocenters. The third kappa shape index (κ3) is 2.88. The van der Waals surface area contributed by atoms with Crippen molar-refractivity contribution in [3.05, 3.63) is 45.3 Å². The van der Waals surface area contributed by atoms with Crippen LogP contribution in [0.25, 0.3) is 5.69 Å². The van der Waals surface area contributed by atoms with E-state index >= 15 is 0 Å². The third-order valence-electron chi connectivity index (χ3n) is 2.35. The molecule has 1 aromatic carbocycles. The number of rotatable bonds is 2. The number of carboxylic acids is 1. The molecule has 2 rings (SSSR count). The summed E-state index contributed by atoms with van der Waals surface area (Å²) < 4.78 is 40.6. The Balaban J connectivity index is 2.64. The molecule has 0 aliphatic rings. The van der Waals surface area contributed by atoms with Crippen molar-refractivity contribution < 1.29 is 23.1 Å². The summed E-state index contributed by atoms with van der Waals surface area (Å²) in [6, 6.07) is 2.81. The number of carbonyl (C=O) groups is 1. The van der Waals surface area contributed by atoms with E-state index in [0.717, 1.165) is 16.8 Å². The van der Waals surface area contributed by atoms with Gasteiger partial charge in [0.1, 0.15) is 0 Å². The quantitative estimate of drug-likeness (QED) is 0.812. The summed E-state index contributed by atoms with van der Waals surface area (Å²) in [5.41, 5.74) is -1.66. The standard InChI is InChI=1S/C11H6F3IN2O2/c12-11(13,14)8-3-6(10(18)19)1-2-9(8)17-5-7(15)4-16-17/h1-5H,(H,18,19). The Bertz CT molecular complexity index is 637. The summed E-state index contributed by atoms with van der Waals surface area (Å²) >= 11 is 1.92. The molecule has 0 aliphatic carbocycles. The van der Waals surface area contributed by atoms with Crippen molar-refractivity contribution in [2.24, 2.45) is 0 Å². The van der Waals surface area contributed by atoms with Crippen LogP contribution in [0.15, 0.2) is 30.6 Å². The molecule has 0 aliphatic heterocycles. The van der Waals surface area contributed by atoms with Crippen molar-refractivity contribution in [3.8, 4) is 5.69 Å². The van der Waals surface area contributed by atoms with Gasteiger partial charge in [0.15, 0.2) is 0 Å². The number of alkyl halides is 3. The first-order valence-corrected chi connectivity index (χ1v) is 6.02. The van der Waals surface area contributed by atoms with Crippen LogP contribution >= 0.6 is 22.6 Å². The van der Waals surface area contributed by atoms with Crippen LogP contribution in [0.5, 0.6) is 0 Å². The molecule has 100 valence electrons. The van der Waals surface area contributed by atoms with Crippen LogP contribution in [0.1, 0.15) is 15.9 Å². The highest BCUT2D eigenvalue weighted by Crippen LogP contribution is 2.34. The summed E-state index contributed by atoms with van der Waals surface area (Å²) in [5, 5.41) is 12.5. The van der Waals surface area contributed by atoms with Crippen molar-refractivity contribution in [3.63, 3.8) is 0 Å². The number of nitrogens with zero attached hydrogens (tertiary/aromatic N) is 2. The van der Waals surface area contributed by atoms with E-state index < -0.39 is 23.3 Å². The molecule has 19 heavy (non-hydrogen) atoms. The predicted octanol–water partition coefficient (Wildman–Crippen LogP) is 3.19. The highest BCUT2D eigenvalue weighted by molar-refractivity contribution is 14.1. The maximum Gasteiger partial charge on any atom is 0.418 e. The van der Waals surface area contributed by atoms with Gasteiger partial charge in [0.05, 0.1) is 26.6 Å². The van der Waals surface area contributed by atoms with Gasteiger partial charge in [-0.1, -0.05) is 0 Å². The molecule has 0 radical (unpaired) electrons. The Morgan fingerprint density at radius 3 is 2.53 bits per heavy atom. The lowest BCUT2D eigenvalue weighted by Crippen LogP contribution is -2.13. The van der Waals surface area contributed by atoms with Gasteiger partial charge < -0.3 is 5.11 Å². The number of benzene rings is 1. The Labute approximate surface area is 119 Å². The van der Waals surface area contributed by atoms with Crippen molar-refractivity contribution in [1.82, 2.24) is 9.78 Å². The van der Waals surface area contributed by atoms with Crippen molar-refractivity contribution in [2.45, 2.75) is 6.18 Å². The van der Waals surface area contributed by atoms with Gasteiger partial charge in [-0.05, 0) is 40.8 Å². The predicted molar refractivity (Wildman–Crippen MR) is 68.2 cm³/mol. The van der Waals surface area contributed by atoms with Crippen molar-refractivity contribution in [2.75, 3.05) is 0 Å². The third-order valence-corrected chi connectivity index (χ3v) is 2.90. The molecule has 0 amide bonds. The Hall–Kier alpha value is -1.58. The van der Waals surface area contributed by atoms with Gasteiger partial charge in [0, 0.05) is 6.20 Å². The molecule has 8 heteroatoms. The summed E-state index contributed by atoms with van der Waals surface area (Å²) in [7, 11) is 0. The van der Waals surface area contributed by atoms with E-state index in [0.29, 0.717) is 9.64 Å². The Kier molecular flexibility index (Phi) is 3.52. The first kappa shape index (κ1) is 13.8. The van der Waals surface area contributed by atoms with Crippen LogP contribution in [0.4, 0.5) is 13.2 Å². The van der Waals surface area contributed by atoms with E-state index in [4.69, 9.17) is 5.11 Å². The lowest BCUT2D eigenvalue weighted by molar-refractivity contribution is -0.137. The highest BCUT2D eigenvalue weighted by atomic mass is 127. The fraction of sp³-hybridized carbons (Fsp3) is 0.0909. The minimum Gasteiger partial charge on any atom is -0.478 e. The molecular formula is C11H6F3IN2O2. The maximum absolute atomic E-state index is 12.9. The summed E-state index contributed by atoms with van der Waals surface area (Å²) in [6.45, 7) is 0. The minimum atomic E-state index is -4.65. The van der Waals surface area contributed by atoms with Crippen LogP contribution in [-0.4, -0.2) is 20.9 Å². The van der Waals surface area contributed by atoms with E-state index in [9.17, 15) is 18.0 Å². The number of aromatic carboxylic acids is 1. The summed E-state index contributed by atoms with van der Waals surface area (Å²) in [5.74, 6) is -1.41. The average Bonchev–Trinajstić information content (AvgIpc) is 2.73. The van der Waals surface area contributed by atoms with E-state index in [1.54, 1.807) is 0 Å². The number of hydrogen-bond acceptors (Lipinski definition) is 2. The molecule has 1 heterocycles. The van der Waals surface area contributed by atoms with Gasteiger partial charge in [-0.3, -0.25) is 0 Å². The molecule has 1 N–H and O–H groups in total. The second kappa shape index (κ2) is 4.83. The zero-order chi connectivity index (χ0) is 14.2. The van der Waals surface area contributed by atoms with E-state index in [1.807, 2.05) is 22.6 Å². The van der Waals surface area contributed by atoms with Crippen molar-refractivity contribution in [1.29, 1.82) is 0 Å². The zero-order valence-corrected chi connectivity index (χ0v) is 11.3. The van der Waals surface area contributed by atoms with Crippen LogP contribution in [0.3, 0.4) is 0 Å². The van der Waals surface area contributed by atoms with Crippen LogP contribution in [0, 0.1) is 3.57 Å². The summed E-state index contributed by atoms with van der Waals surface area (Å²) in [6.07, 6.45) is -1.82. The monoisotopic (exact) mass is 382 g/mol. The molecule has 0 bridgehead atoms. The fourth-order valence-corrected chi connectivity index (χ4v) is 1.92. The molecule has 4 nitrogen and oxygen atoms in total. The number of hydrogen-bond donors (Lipinski definition) is 1. The highest BCUT2D eigenvalue weighted by Gasteiger charge is 2.35. The van der Waals surface area contributed by atoms with Crippen molar-refractivity contribution >= 4 is 28.6 Å². The van der Waals surface area contributed by atoms with Crippen LogP contribution < -0.4 is 0 Å². The molecule has 0 saturated carbocycles. The van der Waals surface area contributed by atoms with Crippen LogP contribution in [0.2, 0.25) is 0 Å². The van der Waals surface area contributed by atoms with E-state index in [1.165, 1.54) is 12.4 Å². The molecule has 0 saturated heterocycles. The number of carboxylic acid groups (broad SMARTS) is 1. The lowest BCUT2D eigenvalue weighted by atomic mass is 10.1. The smallest absolute Gasteiger partial charge is 0.418 e. The maximum atomic E-state index is 12.9. The fourth-order valence-electron chi connectivity index (χ4n) is 1.53. The average molecular weight is 382 g/mol. The van der Waals surface area contributed by atoms with Crippen LogP contribution in [-0.2, 0) is 6.18 Å². The van der Waals surface area contributed by atoms with Gasteiger partial charge in [-0.15, -0.1) is 0 Å². The number of halogens is 4. The largest absolute Gasteiger partial charge is 0.478 e. The second-order valence-electron chi connectivity index (χ2n) is 3.64. The second-order valence-corrected chi connectivity index (χ2v) is 4.88. The van der Waals surface area contributed by atoms with Gasteiger partial charge in [-0.2, -0.15) is 18.3 Å². The molecule has 1 aromatic heterocycles. The molecule has 2 aromatic rings. The Morgan fingerprint density at radius 2 is 2.05 bits per heavy atom. The van der Waals surface area contributed by atoms with Gasteiger partial charge in [0.2, 0.25) is 0 Å². The molecular weight excluding hydrogens is 376 g/mol. The molecule has 0 atom stereocenters. The zero-order valence-electron chi connectivity index (χ0n) is 9.15. The normalized spacial score (nSPS) is 11.6. The first-order chi connectivity index (χ1) is 8.79. The minimum absolute atomic E-state index is 0.208. The Morgan fingerprint density at radius 1 is 1.37 bits per heavy atom. The van der Waals surface area contributed by atoms with E-state index in [-0.39, 0.29) is 5.69 Å². The van der Waals surface area contributed by atoms with Gasteiger partial charge in [-0.25, -0.2) is 9.48 Å². The molecule has 0 fully saturated rings. The van der Waals surface area contributed by atoms with Gasteiger partial charge in [0.25, 0.3) is 0 Å². The topological polar surface area (TPSA) is 55.1 Å². The van der Waals surface area contributed by atoms with Gasteiger partial charge >= 0.3 is 12.1 Å². The number of aromatic nitrogens is 2.